The van der Waals surface area contributed by atoms with E-state index in [0.29, 0.717) is 13.0 Å². The minimum Gasteiger partial charge on any atom is -0.396 e. The second-order valence-corrected chi connectivity index (χ2v) is 5.41. The van der Waals surface area contributed by atoms with Gasteiger partial charge in [-0.1, -0.05) is 29.3 Å². The normalized spacial score (nSPS) is 12.0. The molecule has 4 nitrogen and oxygen atoms in total. The van der Waals surface area contributed by atoms with Crippen molar-refractivity contribution in [1.82, 2.24) is 10.6 Å². The molecule has 0 radical (unpaired) electrons. The minimum absolute atomic E-state index is 0.0864. The molecule has 1 aromatic rings. The first kappa shape index (κ1) is 16.5. The van der Waals surface area contributed by atoms with Gasteiger partial charge in [0.05, 0.1) is 0 Å². The van der Waals surface area contributed by atoms with Gasteiger partial charge in [-0.15, -0.1) is 0 Å². The van der Waals surface area contributed by atoms with Gasteiger partial charge in [-0.25, -0.2) is 4.79 Å². The van der Waals surface area contributed by atoms with Crippen molar-refractivity contribution in [2.24, 2.45) is 0 Å². The van der Waals surface area contributed by atoms with Gasteiger partial charge >= 0.3 is 6.03 Å². The molecule has 0 aromatic heterocycles. The van der Waals surface area contributed by atoms with Crippen molar-refractivity contribution in [2.45, 2.75) is 46.1 Å². The van der Waals surface area contributed by atoms with Crippen LogP contribution in [0.25, 0.3) is 0 Å². The Hall–Kier alpha value is -1.55. The number of amides is 2. The Morgan fingerprint density at radius 1 is 1.25 bits per heavy atom. The monoisotopic (exact) mass is 278 g/mol. The molecule has 20 heavy (non-hydrogen) atoms. The van der Waals surface area contributed by atoms with Crippen molar-refractivity contribution in [1.29, 1.82) is 0 Å². The molecule has 0 aliphatic carbocycles. The van der Waals surface area contributed by atoms with Crippen LogP contribution in [0.4, 0.5) is 4.79 Å². The van der Waals surface area contributed by atoms with Crippen molar-refractivity contribution < 1.29 is 9.90 Å². The van der Waals surface area contributed by atoms with Crippen molar-refractivity contribution >= 4 is 6.03 Å². The number of carbonyl (C=O) groups is 1. The van der Waals surface area contributed by atoms with Crippen LogP contribution in [0.2, 0.25) is 0 Å². The number of urea groups is 1. The van der Waals surface area contributed by atoms with Crippen LogP contribution in [0.15, 0.2) is 18.2 Å². The van der Waals surface area contributed by atoms with Gasteiger partial charge in [-0.05, 0) is 45.6 Å². The number of aliphatic hydroxyl groups is 1. The molecule has 2 amide bonds. The Morgan fingerprint density at radius 3 is 2.50 bits per heavy atom. The summed E-state index contributed by atoms with van der Waals surface area (Å²) in [6.07, 6.45) is 2.34. The van der Waals surface area contributed by atoms with Gasteiger partial charge in [-0.2, -0.15) is 0 Å². The topological polar surface area (TPSA) is 61.4 Å². The lowest BCUT2D eigenvalue weighted by atomic mass is 10.1. The molecule has 0 saturated carbocycles. The quantitative estimate of drug-likeness (QED) is 0.716. The summed E-state index contributed by atoms with van der Waals surface area (Å²) in [5, 5.41) is 14.5. The fourth-order valence-electron chi connectivity index (χ4n) is 2.28. The van der Waals surface area contributed by atoms with Crippen LogP contribution in [0.3, 0.4) is 0 Å². The van der Waals surface area contributed by atoms with Crippen LogP contribution in [0.5, 0.6) is 0 Å². The highest BCUT2D eigenvalue weighted by molar-refractivity contribution is 5.74. The van der Waals surface area contributed by atoms with Crippen molar-refractivity contribution in [3.05, 3.63) is 34.9 Å². The number of carbonyl (C=O) groups excluding carboxylic acids is 1. The van der Waals surface area contributed by atoms with Gasteiger partial charge in [0.1, 0.15) is 0 Å². The number of aliphatic hydroxyl groups excluding tert-OH is 1. The van der Waals surface area contributed by atoms with Crippen molar-refractivity contribution in [2.75, 3.05) is 13.2 Å². The maximum atomic E-state index is 11.7. The van der Waals surface area contributed by atoms with Crippen LogP contribution >= 0.6 is 0 Å². The number of hydrogen-bond acceptors (Lipinski definition) is 2. The Balaban J connectivity index is 2.27. The van der Waals surface area contributed by atoms with Crippen LogP contribution in [0.1, 0.15) is 36.5 Å². The molecule has 1 aromatic carbocycles. The molecule has 0 bridgehead atoms. The fourth-order valence-corrected chi connectivity index (χ4v) is 2.28. The van der Waals surface area contributed by atoms with E-state index < -0.39 is 0 Å². The number of nitrogens with one attached hydrogen (secondary N) is 2. The average Bonchev–Trinajstić information content (AvgIpc) is 2.35. The molecule has 0 aliphatic heterocycles. The molecule has 0 heterocycles. The third kappa shape index (κ3) is 6.57. The molecule has 1 atom stereocenters. The lowest BCUT2D eigenvalue weighted by Crippen LogP contribution is -2.41. The predicted octanol–water partition coefficient (Wildman–Crippen LogP) is 2.31. The second kappa shape index (κ2) is 8.59. The molecule has 1 rings (SSSR count). The summed E-state index contributed by atoms with van der Waals surface area (Å²) >= 11 is 0. The Bertz CT molecular complexity index is 412. The molecule has 0 saturated heterocycles. The van der Waals surface area contributed by atoms with Crippen LogP contribution in [-0.2, 0) is 6.42 Å². The summed E-state index contributed by atoms with van der Waals surface area (Å²) < 4.78 is 0. The van der Waals surface area contributed by atoms with Crippen LogP contribution in [-0.4, -0.2) is 30.3 Å². The molecule has 1 unspecified atom stereocenters. The van der Waals surface area contributed by atoms with Gasteiger partial charge in [0.15, 0.2) is 0 Å². The van der Waals surface area contributed by atoms with E-state index in [0.717, 1.165) is 12.8 Å². The van der Waals surface area contributed by atoms with E-state index in [4.69, 9.17) is 5.11 Å². The third-order valence-corrected chi connectivity index (χ3v) is 3.15. The maximum Gasteiger partial charge on any atom is 0.315 e. The fraction of sp³-hybridized carbons (Fsp3) is 0.562. The molecule has 0 spiro atoms. The van der Waals surface area contributed by atoms with E-state index in [1.54, 1.807) is 0 Å². The molecular formula is C16H26N2O2. The van der Waals surface area contributed by atoms with Gasteiger partial charge in [0.2, 0.25) is 0 Å². The van der Waals surface area contributed by atoms with Crippen molar-refractivity contribution in [3.8, 4) is 0 Å². The first-order chi connectivity index (χ1) is 9.51. The number of aryl methyl sites for hydroxylation is 2. The van der Waals surface area contributed by atoms with E-state index >= 15 is 0 Å². The van der Waals surface area contributed by atoms with Gasteiger partial charge in [0, 0.05) is 19.2 Å². The lowest BCUT2D eigenvalue weighted by Gasteiger charge is -2.14. The molecule has 3 N–H and O–H groups in total. The predicted molar refractivity (Wildman–Crippen MR) is 81.9 cm³/mol. The standard InChI is InChI=1S/C16H26N2O2/c1-12-9-13(2)11-15(10-12)6-7-17-16(20)18-14(3)5-4-8-19/h9-11,14,19H,4-8H2,1-3H3,(H2,17,18,20). The van der Waals surface area contributed by atoms with Crippen LogP contribution < -0.4 is 10.6 Å². The summed E-state index contributed by atoms with van der Waals surface area (Å²) in [7, 11) is 0. The third-order valence-electron chi connectivity index (χ3n) is 3.15. The SMILES string of the molecule is Cc1cc(C)cc(CCNC(=O)NC(C)CCCO)c1. The lowest BCUT2D eigenvalue weighted by molar-refractivity contribution is 0.234. The maximum absolute atomic E-state index is 11.7. The van der Waals surface area contributed by atoms with Gasteiger partial charge in [0.25, 0.3) is 0 Å². The zero-order chi connectivity index (χ0) is 15.0. The Labute approximate surface area is 121 Å². The number of rotatable bonds is 7. The smallest absolute Gasteiger partial charge is 0.315 e. The summed E-state index contributed by atoms with van der Waals surface area (Å²) in [6.45, 7) is 6.90. The highest BCUT2D eigenvalue weighted by Gasteiger charge is 2.06. The van der Waals surface area contributed by atoms with E-state index in [1.165, 1.54) is 16.7 Å². The molecule has 0 fully saturated rings. The average molecular weight is 278 g/mol. The summed E-state index contributed by atoms with van der Waals surface area (Å²) in [6, 6.07) is 6.39. The van der Waals surface area contributed by atoms with E-state index in [1.807, 2.05) is 6.92 Å². The first-order valence-electron chi connectivity index (χ1n) is 7.23. The minimum atomic E-state index is -0.139. The second-order valence-electron chi connectivity index (χ2n) is 5.41. The first-order valence-corrected chi connectivity index (χ1v) is 7.23. The highest BCUT2D eigenvalue weighted by atomic mass is 16.3. The number of benzene rings is 1. The largest absolute Gasteiger partial charge is 0.396 e. The van der Waals surface area contributed by atoms with E-state index in [9.17, 15) is 4.79 Å². The van der Waals surface area contributed by atoms with Gasteiger partial charge in [-0.3, -0.25) is 0 Å². The van der Waals surface area contributed by atoms with Crippen LogP contribution in [0, 0.1) is 13.8 Å². The Kier molecular flexibility index (Phi) is 7.09. The molecular weight excluding hydrogens is 252 g/mol. The Morgan fingerprint density at radius 2 is 1.90 bits per heavy atom. The molecule has 4 heteroatoms. The van der Waals surface area contributed by atoms with E-state index in [-0.39, 0.29) is 18.7 Å². The molecule has 0 aliphatic rings. The van der Waals surface area contributed by atoms with E-state index in [2.05, 4.69) is 42.7 Å². The van der Waals surface area contributed by atoms with Gasteiger partial charge < -0.3 is 15.7 Å². The van der Waals surface area contributed by atoms with Crippen molar-refractivity contribution in [3.63, 3.8) is 0 Å². The zero-order valence-electron chi connectivity index (χ0n) is 12.7. The summed E-state index contributed by atoms with van der Waals surface area (Å²) in [4.78, 5) is 11.7. The zero-order valence-corrected chi connectivity index (χ0v) is 12.7. The molecule has 112 valence electrons. The summed E-state index contributed by atoms with van der Waals surface area (Å²) in [5.74, 6) is 0. The highest BCUT2D eigenvalue weighted by Crippen LogP contribution is 2.08. The summed E-state index contributed by atoms with van der Waals surface area (Å²) in [5.41, 5.74) is 3.75. The number of hydrogen-bond donors (Lipinski definition) is 3.